The van der Waals surface area contributed by atoms with Crippen LogP contribution in [0.3, 0.4) is 0 Å². The third-order valence-electron chi connectivity index (χ3n) is 0.872. The van der Waals surface area contributed by atoms with Gasteiger partial charge in [0.2, 0.25) is 0 Å². The molecule has 1 N–H and O–H groups in total. The highest BCUT2D eigenvalue weighted by atomic mass is 32.2. The molecule has 0 saturated heterocycles. The van der Waals surface area contributed by atoms with Crippen molar-refractivity contribution in [1.82, 2.24) is 9.97 Å². The Morgan fingerprint density at radius 2 is 2.10 bits per heavy atom. The predicted molar refractivity (Wildman–Crippen MR) is 36.5 cm³/mol. The van der Waals surface area contributed by atoms with Crippen LogP contribution >= 0.6 is 0 Å². The molecule has 0 aliphatic carbocycles. The maximum Gasteiger partial charge on any atom is 0.160 e. The molecule has 10 heavy (non-hydrogen) atoms. The average molecular weight is 158 g/mol. The molecule has 1 aromatic heterocycles. The normalized spacial score (nSPS) is 12.9. The van der Waals surface area contributed by atoms with Gasteiger partial charge in [0.15, 0.2) is 11.1 Å². The summed E-state index contributed by atoms with van der Waals surface area (Å²) in [5, 5.41) is 0. The molecule has 0 saturated carbocycles. The van der Waals surface area contributed by atoms with Gasteiger partial charge in [0.1, 0.15) is 11.6 Å². The zero-order chi connectivity index (χ0) is 7.40. The van der Waals surface area contributed by atoms with E-state index in [0.29, 0.717) is 5.82 Å². The van der Waals surface area contributed by atoms with Gasteiger partial charge in [-0.15, -0.1) is 0 Å². The smallest absolute Gasteiger partial charge is 0.160 e. The highest BCUT2D eigenvalue weighted by molar-refractivity contribution is 7.78. The molecule has 1 aromatic rings. The first-order valence-electron chi connectivity index (χ1n) is 2.62. The average Bonchev–Trinajstić information content (AvgIpc) is 1.88. The molecular formula is C5H6N2O2S. The van der Waals surface area contributed by atoms with Crippen molar-refractivity contribution in [2.24, 2.45) is 0 Å². The summed E-state index contributed by atoms with van der Waals surface area (Å²) in [6.07, 6.45) is 3.07. The van der Waals surface area contributed by atoms with E-state index in [0.717, 1.165) is 0 Å². The minimum atomic E-state index is -1.84. The second kappa shape index (κ2) is 3.38. The van der Waals surface area contributed by atoms with E-state index in [1.54, 1.807) is 6.07 Å². The maximum absolute atomic E-state index is 10.2. The fourth-order valence-electron chi connectivity index (χ4n) is 0.515. The van der Waals surface area contributed by atoms with Gasteiger partial charge in [0.25, 0.3) is 0 Å². The number of hydrogen-bond acceptors (Lipinski definition) is 3. The Kier molecular flexibility index (Phi) is 2.47. The van der Waals surface area contributed by atoms with Crippen molar-refractivity contribution in [2.45, 2.75) is 5.75 Å². The van der Waals surface area contributed by atoms with Crippen molar-refractivity contribution >= 4 is 11.1 Å². The van der Waals surface area contributed by atoms with Crippen LogP contribution in [-0.4, -0.2) is 18.7 Å². The molecule has 5 heteroatoms. The Bertz CT molecular complexity index is 226. The summed E-state index contributed by atoms with van der Waals surface area (Å²) < 4.78 is 18.6. The van der Waals surface area contributed by atoms with Crippen LogP contribution in [0.1, 0.15) is 5.82 Å². The van der Waals surface area contributed by atoms with Gasteiger partial charge in [-0.25, -0.2) is 14.2 Å². The van der Waals surface area contributed by atoms with E-state index in [1.807, 2.05) is 0 Å². The molecule has 0 amide bonds. The Hall–Kier alpha value is -0.810. The van der Waals surface area contributed by atoms with Gasteiger partial charge < -0.3 is 4.55 Å². The van der Waals surface area contributed by atoms with Gasteiger partial charge in [0.05, 0.1) is 0 Å². The zero-order valence-corrected chi connectivity index (χ0v) is 5.91. The fraction of sp³-hybridized carbons (Fsp3) is 0.200. The van der Waals surface area contributed by atoms with Crippen molar-refractivity contribution in [2.75, 3.05) is 0 Å². The molecule has 4 nitrogen and oxygen atoms in total. The molecular weight excluding hydrogens is 152 g/mol. The van der Waals surface area contributed by atoms with Gasteiger partial charge in [-0.2, -0.15) is 0 Å². The van der Waals surface area contributed by atoms with Gasteiger partial charge >= 0.3 is 0 Å². The minimum Gasteiger partial charge on any atom is -0.306 e. The second-order valence-electron chi connectivity index (χ2n) is 1.63. The number of hydrogen-bond donors (Lipinski definition) is 1. The first kappa shape index (κ1) is 7.30. The van der Waals surface area contributed by atoms with Crippen LogP contribution in [0.2, 0.25) is 0 Å². The SMILES string of the molecule is O=S(O)Cc1ncccn1. The molecule has 0 bridgehead atoms. The molecule has 0 fully saturated rings. The van der Waals surface area contributed by atoms with Gasteiger partial charge in [-0.1, -0.05) is 0 Å². The quantitative estimate of drug-likeness (QED) is 0.624. The van der Waals surface area contributed by atoms with E-state index < -0.39 is 11.1 Å². The molecule has 0 aliphatic rings. The van der Waals surface area contributed by atoms with E-state index in [2.05, 4.69) is 9.97 Å². The van der Waals surface area contributed by atoms with Crippen LogP contribution in [0.5, 0.6) is 0 Å². The van der Waals surface area contributed by atoms with E-state index in [4.69, 9.17) is 4.55 Å². The highest BCUT2D eigenvalue weighted by Crippen LogP contribution is 1.90. The summed E-state index contributed by atoms with van der Waals surface area (Å²) >= 11 is -1.84. The van der Waals surface area contributed by atoms with Crippen molar-refractivity contribution in [3.63, 3.8) is 0 Å². The van der Waals surface area contributed by atoms with Crippen LogP contribution < -0.4 is 0 Å². The molecule has 1 unspecified atom stereocenters. The Labute approximate surface area is 60.6 Å². The zero-order valence-electron chi connectivity index (χ0n) is 5.10. The summed E-state index contributed by atoms with van der Waals surface area (Å²) in [5.74, 6) is 0.393. The predicted octanol–water partition coefficient (Wildman–Crippen LogP) is 0.198. The van der Waals surface area contributed by atoms with E-state index in [1.165, 1.54) is 12.4 Å². The summed E-state index contributed by atoms with van der Waals surface area (Å²) in [4.78, 5) is 7.51. The van der Waals surface area contributed by atoms with Crippen LogP contribution in [0, 0.1) is 0 Å². The van der Waals surface area contributed by atoms with Crippen LogP contribution in [0.4, 0.5) is 0 Å². The molecule has 54 valence electrons. The van der Waals surface area contributed by atoms with E-state index in [9.17, 15) is 4.21 Å². The fourth-order valence-corrected chi connectivity index (χ4v) is 0.885. The molecule has 0 aromatic carbocycles. The summed E-state index contributed by atoms with van der Waals surface area (Å²) in [6.45, 7) is 0. The maximum atomic E-state index is 10.2. The Balaban J connectivity index is 2.67. The summed E-state index contributed by atoms with van der Waals surface area (Å²) in [6, 6.07) is 1.66. The second-order valence-corrected chi connectivity index (χ2v) is 2.56. The van der Waals surface area contributed by atoms with Crippen LogP contribution in [0.15, 0.2) is 18.5 Å². The molecule has 1 heterocycles. The standard InChI is InChI=1S/C5H6N2O2S/c8-10(9)4-5-6-2-1-3-7-5/h1-3H,4H2,(H,8,9). The lowest BCUT2D eigenvalue weighted by atomic mass is 10.6. The van der Waals surface area contributed by atoms with Crippen molar-refractivity contribution in [3.8, 4) is 0 Å². The summed E-state index contributed by atoms with van der Waals surface area (Å²) in [7, 11) is 0. The van der Waals surface area contributed by atoms with Gasteiger partial charge in [-0.3, -0.25) is 0 Å². The molecule has 1 rings (SSSR count). The molecule has 0 spiro atoms. The highest BCUT2D eigenvalue weighted by Gasteiger charge is 1.97. The lowest BCUT2D eigenvalue weighted by Crippen LogP contribution is -1.97. The Morgan fingerprint density at radius 1 is 1.50 bits per heavy atom. The third kappa shape index (κ3) is 2.20. The monoisotopic (exact) mass is 158 g/mol. The molecule has 1 atom stereocenters. The number of rotatable bonds is 2. The molecule has 0 aliphatic heterocycles. The lowest BCUT2D eigenvalue weighted by Gasteiger charge is -1.91. The van der Waals surface area contributed by atoms with E-state index in [-0.39, 0.29) is 5.75 Å². The van der Waals surface area contributed by atoms with Crippen LogP contribution in [-0.2, 0) is 16.8 Å². The number of nitrogens with zero attached hydrogens (tertiary/aromatic N) is 2. The van der Waals surface area contributed by atoms with Crippen molar-refractivity contribution in [3.05, 3.63) is 24.3 Å². The number of aromatic nitrogens is 2. The summed E-state index contributed by atoms with van der Waals surface area (Å²) in [5.41, 5.74) is 0. The minimum absolute atomic E-state index is 0.000833. The largest absolute Gasteiger partial charge is 0.306 e. The van der Waals surface area contributed by atoms with Crippen molar-refractivity contribution in [1.29, 1.82) is 0 Å². The van der Waals surface area contributed by atoms with Gasteiger partial charge in [-0.05, 0) is 6.07 Å². The van der Waals surface area contributed by atoms with Crippen LogP contribution in [0.25, 0.3) is 0 Å². The third-order valence-corrected chi connectivity index (χ3v) is 1.38. The first-order chi connectivity index (χ1) is 4.79. The topological polar surface area (TPSA) is 63.1 Å². The van der Waals surface area contributed by atoms with Gasteiger partial charge in [0, 0.05) is 12.4 Å². The Morgan fingerprint density at radius 3 is 2.60 bits per heavy atom. The lowest BCUT2D eigenvalue weighted by molar-refractivity contribution is 0.562. The first-order valence-corrected chi connectivity index (χ1v) is 3.90. The molecule has 0 radical (unpaired) electrons. The van der Waals surface area contributed by atoms with E-state index >= 15 is 0 Å². The van der Waals surface area contributed by atoms with Crippen molar-refractivity contribution < 1.29 is 8.76 Å².